The molecule has 4 atom stereocenters. The average Bonchev–Trinajstić information content (AvgIpc) is 3.23. The van der Waals surface area contributed by atoms with E-state index in [2.05, 4.69) is 6.92 Å². The molecule has 1 amide bonds. The zero-order valence-electron chi connectivity index (χ0n) is 20.6. The van der Waals surface area contributed by atoms with E-state index in [1.807, 2.05) is 43.3 Å². The summed E-state index contributed by atoms with van der Waals surface area (Å²) < 4.78 is 39.3. The summed E-state index contributed by atoms with van der Waals surface area (Å²) in [6, 6.07) is 13.2. The third-order valence-corrected chi connectivity index (χ3v) is 9.42. The molecule has 2 unspecified atom stereocenters. The van der Waals surface area contributed by atoms with Crippen molar-refractivity contribution in [3.63, 3.8) is 0 Å². The van der Waals surface area contributed by atoms with Crippen molar-refractivity contribution in [1.29, 1.82) is 0 Å². The molecular weight excluding hydrogens is 464 g/mol. The number of aryl methyl sites for hydroxylation is 2. The zero-order valence-corrected chi connectivity index (χ0v) is 21.5. The van der Waals surface area contributed by atoms with Gasteiger partial charge < -0.3 is 14.4 Å². The quantitative estimate of drug-likeness (QED) is 0.559. The van der Waals surface area contributed by atoms with E-state index in [0.717, 1.165) is 23.1 Å². The highest BCUT2D eigenvalue weighted by Crippen LogP contribution is 2.46. The molecule has 3 aliphatic rings. The van der Waals surface area contributed by atoms with E-state index >= 15 is 0 Å². The van der Waals surface area contributed by atoms with Gasteiger partial charge in [0.05, 0.1) is 18.8 Å². The summed E-state index contributed by atoms with van der Waals surface area (Å²) in [6.07, 6.45) is 1.35. The van der Waals surface area contributed by atoms with Gasteiger partial charge in [-0.3, -0.25) is 4.79 Å². The van der Waals surface area contributed by atoms with Gasteiger partial charge in [-0.1, -0.05) is 37.3 Å². The third-order valence-electron chi connectivity index (χ3n) is 7.63. The van der Waals surface area contributed by atoms with E-state index < -0.39 is 10.0 Å². The Labute approximate surface area is 208 Å². The second kappa shape index (κ2) is 9.56. The zero-order chi connectivity index (χ0) is 24.7. The van der Waals surface area contributed by atoms with E-state index in [9.17, 15) is 13.2 Å². The molecule has 188 valence electrons. The molecule has 35 heavy (non-hydrogen) atoms. The Kier molecular flexibility index (Phi) is 6.63. The van der Waals surface area contributed by atoms with E-state index in [4.69, 9.17) is 9.47 Å². The summed E-state index contributed by atoms with van der Waals surface area (Å²) in [6.45, 7) is 6.20. The number of rotatable bonds is 8. The van der Waals surface area contributed by atoms with Crippen molar-refractivity contribution >= 4 is 15.9 Å². The van der Waals surface area contributed by atoms with E-state index in [0.29, 0.717) is 49.3 Å². The van der Waals surface area contributed by atoms with Gasteiger partial charge in [0.2, 0.25) is 10.0 Å². The molecule has 3 fully saturated rings. The SMILES string of the molecule is CCc1cccc(C)c1C(=O)N1C[C@@H](OC)[C@H](Oc2cccc(CS(=O)(=O)N3CC4CC4C3)c2)C1. The summed E-state index contributed by atoms with van der Waals surface area (Å²) in [7, 11) is -1.71. The number of piperidine rings is 1. The number of likely N-dealkylation sites (tertiary alicyclic amines) is 1. The van der Waals surface area contributed by atoms with E-state index in [-0.39, 0.29) is 23.9 Å². The number of sulfonamides is 1. The average molecular weight is 499 g/mol. The number of ether oxygens (including phenoxy) is 2. The van der Waals surface area contributed by atoms with E-state index in [1.165, 1.54) is 6.42 Å². The molecule has 0 aromatic heterocycles. The van der Waals surface area contributed by atoms with Crippen LogP contribution in [0.1, 0.15) is 40.4 Å². The van der Waals surface area contributed by atoms with Crippen LogP contribution in [0.15, 0.2) is 42.5 Å². The van der Waals surface area contributed by atoms with Crippen LogP contribution in [0.25, 0.3) is 0 Å². The van der Waals surface area contributed by atoms with Crippen molar-refractivity contribution < 1.29 is 22.7 Å². The molecule has 7 nitrogen and oxygen atoms in total. The smallest absolute Gasteiger partial charge is 0.254 e. The Hall–Kier alpha value is -2.42. The van der Waals surface area contributed by atoms with Crippen LogP contribution in [0.2, 0.25) is 0 Å². The van der Waals surface area contributed by atoms with Crippen molar-refractivity contribution in [1.82, 2.24) is 9.21 Å². The van der Waals surface area contributed by atoms with Gasteiger partial charge in [0, 0.05) is 25.8 Å². The number of hydrogen-bond acceptors (Lipinski definition) is 5. The van der Waals surface area contributed by atoms with E-state index in [1.54, 1.807) is 22.4 Å². The first-order chi connectivity index (χ1) is 16.8. The Bertz CT molecular complexity index is 1200. The molecule has 0 radical (unpaired) electrons. The second-order valence-electron chi connectivity index (χ2n) is 10.1. The Morgan fingerprint density at radius 2 is 1.74 bits per heavy atom. The lowest BCUT2D eigenvalue weighted by Gasteiger charge is -2.20. The van der Waals surface area contributed by atoms with Gasteiger partial charge in [0.15, 0.2) is 0 Å². The first-order valence-electron chi connectivity index (χ1n) is 12.4. The summed E-state index contributed by atoms with van der Waals surface area (Å²) in [5.41, 5.74) is 3.47. The standard InChI is InChI=1S/C27H34N2O5S/c1-4-20-9-5-7-18(2)26(20)27(30)28-15-24(33-3)25(16-28)34-23-10-6-8-19(11-23)17-35(31,32)29-13-21-12-22(21)14-29/h5-11,21-22,24-25H,4,12-17H2,1-3H3/t21?,22?,24-,25-/m1/s1. The molecular formula is C27H34N2O5S. The van der Waals surface area contributed by atoms with Crippen molar-refractivity contribution in [3.8, 4) is 5.75 Å². The largest absolute Gasteiger partial charge is 0.486 e. The van der Waals surface area contributed by atoms with Gasteiger partial charge in [0.25, 0.3) is 5.91 Å². The van der Waals surface area contributed by atoms with Crippen LogP contribution < -0.4 is 4.74 Å². The molecule has 2 aromatic carbocycles. The van der Waals surface area contributed by atoms with Crippen molar-refractivity contribution in [2.45, 2.75) is 44.6 Å². The monoisotopic (exact) mass is 498 g/mol. The summed E-state index contributed by atoms with van der Waals surface area (Å²) in [5, 5.41) is 0. The third kappa shape index (κ3) is 4.97. The fourth-order valence-corrected chi connectivity index (χ4v) is 7.12. The predicted octanol–water partition coefficient (Wildman–Crippen LogP) is 3.26. The fraction of sp³-hybridized carbons (Fsp3) is 0.519. The molecule has 2 aromatic rings. The lowest BCUT2D eigenvalue weighted by atomic mass is 9.99. The molecule has 0 N–H and O–H groups in total. The highest BCUT2D eigenvalue weighted by molar-refractivity contribution is 7.88. The number of methoxy groups -OCH3 is 1. The number of carbonyl (C=O) groups is 1. The maximum absolute atomic E-state index is 13.4. The minimum absolute atomic E-state index is 0.00314. The highest BCUT2D eigenvalue weighted by Gasteiger charge is 2.48. The molecule has 8 heteroatoms. The number of benzene rings is 2. The van der Waals surface area contributed by atoms with Crippen molar-refractivity contribution in [2.75, 3.05) is 33.3 Å². The minimum atomic E-state index is -3.34. The molecule has 0 bridgehead atoms. The van der Waals surface area contributed by atoms with Crippen LogP contribution in [0.3, 0.4) is 0 Å². The van der Waals surface area contributed by atoms with Crippen LogP contribution in [0.4, 0.5) is 0 Å². The number of hydrogen-bond donors (Lipinski definition) is 0. The Morgan fingerprint density at radius 1 is 1.03 bits per heavy atom. The molecule has 2 heterocycles. The predicted molar refractivity (Wildman–Crippen MR) is 134 cm³/mol. The molecule has 2 aliphatic heterocycles. The molecule has 2 saturated heterocycles. The van der Waals surface area contributed by atoms with Gasteiger partial charge in [-0.25, -0.2) is 12.7 Å². The van der Waals surface area contributed by atoms with Crippen LogP contribution in [0, 0.1) is 18.8 Å². The summed E-state index contributed by atoms with van der Waals surface area (Å²) >= 11 is 0. The van der Waals surface area contributed by atoms with Gasteiger partial charge in [-0.15, -0.1) is 0 Å². The number of amides is 1. The van der Waals surface area contributed by atoms with Gasteiger partial charge in [0.1, 0.15) is 18.0 Å². The topological polar surface area (TPSA) is 76.1 Å². The normalized spacial score (nSPS) is 26.1. The van der Waals surface area contributed by atoms with Crippen LogP contribution >= 0.6 is 0 Å². The number of nitrogens with zero attached hydrogens (tertiary/aromatic N) is 2. The highest BCUT2D eigenvalue weighted by atomic mass is 32.2. The van der Waals surface area contributed by atoms with Crippen molar-refractivity contribution in [3.05, 3.63) is 64.7 Å². The summed E-state index contributed by atoms with van der Waals surface area (Å²) in [4.78, 5) is 15.2. The lowest BCUT2D eigenvalue weighted by molar-refractivity contribution is 0.0339. The summed E-state index contributed by atoms with van der Waals surface area (Å²) in [5.74, 6) is 1.68. The molecule has 1 saturated carbocycles. The maximum Gasteiger partial charge on any atom is 0.254 e. The molecule has 5 rings (SSSR count). The number of carbonyl (C=O) groups excluding carboxylic acids is 1. The van der Waals surface area contributed by atoms with Crippen molar-refractivity contribution in [2.24, 2.45) is 11.8 Å². The maximum atomic E-state index is 13.4. The second-order valence-corrected chi connectivity index (χ2v) is 12.0. The Morgan fingerprint density at radius 3 is 2.46 bits per heavy atom. The lowest BCUT2D eigenvalue weighted by Crippen LogP contribution is -2.32. The number of fused-ring (bicyclic) bond motifs is 1. The molecule has 1 aliphatic carbocycles. The Balaban J connectivity index is 1.27. The van der Waals surface area contributed by atoms with Crippen LogP contribution in [0.5, 0.6) is 5.75 Å². The van der Waals surface area contributed by atoms with Gasteiger partial charge in [-0.2, -0.15) is 0 Å². The first kappa shape index (κ1) is 24.3. The van der Waals surface area contributed by atoms with Crippen LogP contribution in [-0.4, -0.2) is 69.0 Å². The minimum Gasteiger partial charge on any atom is -0.486 e. The van der Waals surface area contributed by atoms with Crippen LogP contribution in [-0.2, 0) is 26.9 Å². The molecule has 0 spiro atoms. The first-order valence-corrected chi connectivity index (χ1v) is 14.0. The van der Waals surface area contributed by atoms with Gasteiger partial charge in [-0.05, 0) is 60.4 Å². The van der Waals surface area contributed by atoms with Gasteiger partial charge >= 0.3 is 0 Å². The fourth-order valence-electron chi connectivity index (χ4n) is 5.50.